The fourth-order valence-corrected chi connectivity index (χ4v) is 5.08. The average Bonchev–Trinajstić information content (AvgIpc) is 2.91. The van der Waals surface area contributed by atoms with Gasteiger partial charge in [-0.1, -0.05) is 12.1 Å². The third-order valence-corrected chi connectivity index (χ3v) is 7.22. The van der Waals surface area contributed by atoms with Crippen LogP contribution in [-0.2, 0) is 21.3 Å². The number of aliphatic hydroxyl groups excluding tert-OH is 1. The zero-order chi connectivity index (χ0) is 27.7. The van der Waals surface area contributed by atoms with E-state index in [1.165, 1.54) is 26.4 Å². The number of halogens is 3. The Morgan fingerprint density at radius 2 is 1.95 bits per heavy atom. The van der Waals surface area contributed by atoms with Crippen molar-refractivity contribution in [1.82, 2.24) is 19.9 Å². The molecule has 38 heavy (non-hydrogen) atoms. The molecule has 1 amide bonds. The van der Waals surface area contributed by atoms with Crippen molar-refractivity contribution in [3.8, 4) is 5.88 Å². The highest BCUT2D eigenvalue weighted by Crippen LogP contribution is 2.42. The summed E-state index contributed by atoms with van der Waals surface area (Å²) >= 11 is 0. The van der Waals surface area contributed by atoms with Crippen molar-refractivity contribution in [2.75, 3.05) is 39.2 Å². The molecule has 0 saturated carbocycles. The minimum absolute atomic E-state index is 0.140. The Morgan fingerprint density at radius 1 is 1.24 bits per heavy atom. The molecule has 12 heteroatoms. The summed E-state index contributed by atoms with van der Waals surface area (Å²) in [5.41, 5.74) is 0.110. The number of pyridine rings is 1. The quantitative estimate of drug-likeness (QED) is 0.469. The number of nitrogens with zero attached hydrogens (tertiary/aromatic N) is 4. The van der Waals surface area contributed by atoms with Crippen LogP contribution in [0.4, 0.5) is 19.0 Å². The maximum absolute atomic E-state index is 13.5. The molecular formula is C26H30F3N5O4. The highest BCUT2D eigenvalue weighted by molar-refractivity contribution is 5.88. The predicted octanol–water partition coefficient (Wildman–Crippen LogP) is 3.99. The number of piperidine rings is 1. The number of carbonyl (C=O) groups excluding carboxylic acids is 1. The molecule has 1 saturated heterocycles. The summed E-state index contributed by atoms with van der Waals surface area (Å²) in [4.78, 5) is 26.8. The van der Waals surface area contributed by atoms with Gasteiger partial charge in [0.25, 0.3) is 0 Å². The Bertz CT molecular complexity index is 1330. The molecule has 0 bridgehead atoms. The first-order valence-corrected chi connectivity index (χ1v) is 12.1. The number of nitrogens with one attached hydrogen (secondary N) is 1. The van der Waals surface area contributed by atoms with Crippen LogP contribution >= 0.6 is 0 Å². The molecule has 1 fully saturated rings. The van der Waals surface area contributed by atoms with Crippen LogP contribution in [0.3, 0.4) is 0 Å². The minimum Gasteiger partial charge on any atom is -0.481 e. The molecule has 0 spiro atoms. The second-order valence-corrected chi connectivity index (χ2v) is 9.26. The molecule has 2 N–H and O–H groups in total. The summed E-state index contributed by atoms with van der Waals surface area (Å²) in [5, 5.41) is 13.0. The van der Waals surface area contributed by atoms with Crippen LogP contribution in [0.5, 0.6) is 5.88 Å². The number of aromatic nitrogens is 3. The number of methoxy groups -OCH3 is 2. The molecule has 2 aromatic heterocycles. The van der Waals surface area contributed by atoms with Crippen LogP contribution < -0.4 is 10.1 Å². The van der Waals surface area contributed by atoms with Gasteiger partial charge in [0, 0.05) is 25.8 Å². The van der Waals surface area contributed by atoms with E-state index in [4.69, 9.17) is 9.47 Å². The van der Waals surface area contributed by atoms with Gasteiger partial charge in [0.2, 0.25) is 11.8 Å². The molecule has 3 aromatic rings. The fourth-order valence-electron chi connectivity index (χ4n) is 5.08. The van der Waals surface area contributed by atoms with E-state index in [2.05, 4.69) is 20.3 Å². The van der Waals surface area contributed by atoms with Gasteiger partial charge in [0.1, 0.15) is 24.4 Å². The maximum atomic E-state index is 13.5. The normalized spacial score (nSPS) is 16.4. The van der Waals surface area contributed by atoms with Gasteiger partial charge in [-0.15, -0.1) is 0 Å². The Kier molecular flexibility index (Phi) is 7.75. The number of anilines is 1. The highest BCUT2D eigenvalue weighted by atomic mass is 19.4. The van der Waals surface area contributed by atoms with Crippen molar-refractivity contribution in [2.24, 2.45) is 0 Å². The topological polar surface area (TPSA) is 110 Å². The molecule has 0 aliphatic carbocycles. The number of likely N-dealkylation sites (tertiary alicyclic amines) is 1. The lowest BCUT2D eigenvalue weighted by molar-refractivity contribution is -0.140. The molecule has 1 aliphatic heterocycles. The Hall–Kier alpha value is -3.51. The fraction of sp³-hybridized carbons (Fsp3) is 0.462. The largest absolute Gasteiger partial charge is 0.481 e. The number of carbonyl (C=O) groups is 1. The molecule has 1 aromatic carbocycles. The Morgan fingerprint density at radius 3 is 2.55 bits per heavy atom. The first-order chi connectivity index (χ1) is 18.0. The van der Waals surface area contributed by atoms with Gasteiger partial charge < -0.3 is 24.8 Å². The lowest BCUT2D eigenvalue weighted by Crippen LogP contribution is -2.47. The van der Waals surface area contributed by atoms with E-state index in [9.17, 15) is 23.1 Å². The van der Waals surface area contributed by atoms with Crippen molar-refractivity contribution in [3.63, 3.8) is 0 Å². The van der Waals surface area contributed by atoms with Crippen molar-refractivity contribution in [3.05, 3.63) is 52.8 Å². The molecule has 0 unspecified atom stereocenters. The molecule has 9 nitrogen and oxygen atoms in total. The van der Waals surface area contributed by atoms with E-state index in [-0.39, 0.29) is 11.5 Å². The summed E-state index contributed by atoms with van der Waals surface area (Å²) in [6.07, 6.45) is -2.25. The maximum Gasteiger partial charge on any atom is 0.416 e. The lowest BCUT2D eigenvalue weighted by Gasteiger charge is -2.41. The number of fused-ring (bicyclic) bond motifs is 1. The minimum atomic E-state index is -4.46. The van der Waals surface area contributed by atoms with Gasteiger partial charge in [-0.3, -0.25) is 4.79 Å². The van der Waals surface area contributed by atoms with E-state index in [0.717, 1.165) is 6.07 Å². The summed E-state index contributed by atoms with van der Waals surface area (Å²) in [6, 6.07) is 5.42. The predicted molar refractivity (Wildman–Crippen MR) is 134 cm³/mol. The van der Waals surface area contributed by atoms with Gasteiger partial charge in [0.05, 0.1) is 24.1 Å². The first kappa shape index (κ1) is 27.5. The lowest BCUT2D eigenvalue weighted by atomic mass is 9.84. The number of alkyl halides is 3. The monoisotopic (exact) mass is 533 g/mol. The Balaban J connectivity index is 1.73. The number of hydrogen-bond donors (Lipinski definition) is 2. The average molecular weight is 534 g/mol. The van der Waals surface area contributed by atoms with Crippen LogP contribution in [-0.4, -0.2) is 64.8 Å². The van der Waals surface area contributed by atoms with E-state index >= 15 is 0 Å². The molecule has 204 valence electrons. The smallest absolute Gasteiger partial charge is 0.416 e. The van der Waals surface area contributed by atoms with Crippen molar-refractivity contribution in [1.29, 1.82) is 0 Å². The van der Waals surface area contributed by atoms with E-state index < -0.39 is 30.0 Å². The third kappa shape index (κ3) is 5.10. The number of hydrogen-bond acceptors (Lipinski definition) is 8. The number of benzene rings is 1. The molecular weight excluding hydrogens is 503 g/mol. The van der Waals surface area contributed by atoms with Crippen LogP contribution in [0.25, 0.3) is 11.0 Å². The number of aliphatic hydroxyl groups is 1. The van der Waals surface area contributed by atoms with Gasteiger partial charge in [-0.25, -0.2) is 9.97 Å². The van der Waals surface area contributed by atoms with Crippen LogP contribution in [0.1, 0.15) is 48.1 Å². The third-order valence-electron chi connectivity index (χ3n) is 7.22. The standard InChI is InChI=1S/C26H30F3N5O4/c1-15-17(6-5-7-19(15)26(27,28)29)16(2)32-22-18-12-20(24(37-3)33-23(18)31-14-30-22)25(38-4)8-10-34(11-9-25)21(36)13-35/h5-7,12,14,16,35H,8-11,13H2,1-4H3,(H,30,31,32,33)/t16-/m1/s1. The van der Waals surface area contributed by atoms with Gasteiger partial charge in [-0.05, 0) is 49.9 Å². The second kappa shape index (κ2) is 10.7. The van der Waals surface area contributed by atoms with E-state index in [0.29, 0.717) is 59.8 Å². The van der Waals surface area contributed by atoms with Crippen molar-refractivity contribution < 1.29 is 32.5 Å². The van der Waals surface area contributed by atoms with Gasteiger partial charge in [-0.2, -0.15) is 18.2 Å². The number of rotatable bonds is 7. The van der Waals surface area contributed by atoms with Gasteiger partial charge >= 0.3 is 6.18 Å². The SMILES string of the molecule is COc1nc2ncnc(N[C@H](C)c3cccc(C(F)(F)F)c3C)c2cc1C1(OC)CCN(C(=O)CO)CC1. The summed E-state index contributed by atoms with van der Waals surface area (Å²) < 4.78 is 52.0. The van der Waals surface area contributed by atoms with E-state index in [1.807, 2.05) is 6.07 Å². The molecule has 1 atom stereocenters. The van der Waals surface area contributed by atoms with Crippen LogP contribution in [0, 0.1) is 6.92 Å². The second-order valence-electron chi connectivity index (χ2n) is 9.26. The van der Waals surface area contributed by atoms with Crippen molar-refractivity contribution >= 4 is 22.8 Å². The molecule has 1 aliphatic rings. The summed E-state index contributed by atoms with van der Waals surface area (Å²) in [7, 11) is 3.07. The zero-order valence-electron chi connectivity index (χ0n) is 21.6. The first-order valence-electron chi connectivity index (χ1n) is 12.1. The van der Waals surface area contributed by atoms with Crippen molar-refractivity contribution in [2.45, 2.75) is 44.5 Å². The molecule has 0 radical (unpaired) electrons. The highest BCUT2D eigenvalue weighted by Gasteiger charge is 2.41. The summed E-state index contributed by atoms with van der Waals surface area (Å²) in [5.74, 6) is 0.361. The summed E-state index contributed by atoms with van der Waals surface area (Å²) in [6.45, 7) is 3.40. The van der Waals surface area contributed by atoms with Gasteiger partial charge in [0.15, 0.2) is 5.65 Å². The molecule has 3 heterocycles. The van der Waals surface area contributed by atoms with Crippen LogP contribution in [0.15, 0.2) is 30.6 Å². The Labute approximate surface area is 218 Å². The number of ether oxygens (including phenoxy) is 2. The van der Waals surface area contributed by atoms with E-state index in [1.54, 1.807) is 25.0 Å². The molecule has 4 rings (SSSR count). The number of amides is 1. The zero-order valence-corrected chi connectivity index (χ0v) is 21.6. The van der Waals surface area contributed by atoms with Crippen LogP contribution in [0.2, 0.25) is 0 Å².